The van der Waals surface area contributed by atoms with Gasteiger partial charge in [-0.3, -0.25) is 4.79 Å². The molecule has 0 radical (unpaired) electrons. The average molecular weight is 317 g/mol. The fourth-order valence-electron chi connectivity index (χ4n) is 1.49. The van der Waals surface area contributed by atoms with Crippen LogP contribution in [0.1, 0.15) is 15.9 Å². The summed E-state index contributed by atoms with van der Waals surface area (Å²) in [6.07, 6.45) is 1.31. The third-order valence-corrected chi connectivity index (χ3v) is 3.01. The van der Waals surface area contributed by atoms with Crippen LogP contribution in [-0.4, -0.2) is 12.1 Å². The van der Waals surface area contributed by atoms with Gasteiger partial charge in [-0.25, -0.2) is 5.43 Å². The van der Waals surface area contributed by atoms with E-state index < -0.39 is 5.91 Å². The fraction of sp³-hybridized carbons (Fsp3) is 0. The van der Waals surface area contributed by atoms with Gasteiger partial charge in [0.15, 0.2) is 0 Å². The summed E-state index contributed by atoms with van der Waals surface area (Å²) >= 11 is 11.7. The molecule has 0 fully saturated rings. The summed E-state index contributed by atoms with van der Waals surface area (Å²) in [4.78, 5) is 11.8. The molecule has 0 spiro atoms. The van der Waals surface area contributed by atoms with Gasteiger partial charge in [-0.15, -0.1) is 0 Å². The maximum Gasteiger partial charge on any atom is 0.272 e. The van der Waals surface area contributed by atoms with Crippen molar-refractivity contribution < 1.29 is 4.79 Å². The minimum Gasteiger partial charge on any atom is -0.267 e. The first-order valence-corrected chi connectivity index (χ1v) is 6.76. The number of benzene rings is 2. The zero-order valence-electron chi connectivity index (χ0n) is 10.8. The second kappa shape index (κ2) is 7.49. The predicted molar refractivity (Wildman–Crippen MR) is 85.7 cm³/mol. The lowest BCUT2D eigenvalue weighted by Crippen LogP contribution is -2.17. The van der Waals surface area contributed by atoms with Crippen LogP contribution in [0.3, 0.4) is 0 Å². The van der Waals surface area contributed by atoms with Crippen LogP contribution >= 0.6 is 23.2 Å². The molecule has 0 heterocycles. The lowest BCUT2D eigenvalue weighted by atomic mass is 10.2. The molecule has 0 unspecified atom stereocenters. The lowest BCUT2D eigenvalue weighted by Gasteiger charge is -2.02. The molecular formula is C16H10Cl2N2O. The zero-order valence-corrected chi connectivity index (χ0v) is 12.3. The van der Waals surface area contributed by atoms with Crippen molar-refractivity contribution in [3.8, 4) is 11.8 Å². The molecule has 5 heteroatoms. The van der Waals surface area contributed by atoms with Crippen LogP contribution in [0.15, 0.2) is 53.6 Å². The Kier molecular flexibility index (Phi) is 5.39. The van der Waals surface area contributed by atoms with Crippen molar-refractivity contribution in [3.05, 3.63) is 69.7 Å². The molecule has 3 nitrogen and oxygen atoms in total. The molecule has 0 bridgehead atoms. The lowest BCUT2D eigenvalue weighted by molar-refractivity contribution is 0.0955. The minimum absolute atomic E-state index is 0.269. The standard InChI is InChI=1S/C16H10Cl2N2O/c17-13-8-9-14(15(18)11-13)16(21)20-19-10-4-7-12-5-2-1-3-6-12/h1-3,5-6,8-11H,(H,20,21)/b19-10-. The summed E-state index contributed by atoms with van der Waals surface area (Å²) in [5, 5.41) is 4.47. The molecule has 2 aromatic rings. The Morgan fingerprint density at radius 2 is 1.90 bits per heavy atom. The van der Waals surface area contributed by atoms with E-state index in [0.717, 1.165) is 5.56 Å². The highest BCUT2D eigenvalue weighted by atomic mass is 35.5. The molecule has 0 aliphatic carbocycles. The number of nitrogens with zero attached hydrogens (tertiary/aromatic N) is 1. The molecule has 104 valence electrons. The first kappa shape index (κ1) is 15.1. The van der Waals surface area contributed by atoms with Crippen molar-refractivity contribution in [3.63, 3.8) is 0 Å². The third kappa shape index (κ3) is 4.64. The van der Waals surface area contributed by atoms with E-state index in [2.05, 4.69) is 22.4 Å². The molecule has 0 atom stereocenters. The molecule has 1 amide bonds. The second-order valence-electron chi connectivity index (χ2n) is 3.96. The van der Waals surface area contributed by atoms with Crippen molar-refractivity contribution in [1.82, 2.24) is 5.43 Å². The monoisotopic (exact) mass is 316 g/mol. The summed E-state index contributed by atoms with van der Waals surface area (Å²) in [5.74, 6) is 5.18. The summed E-state index contributed by atoms with van der Waals surface area (Å²) in [5.41, 5.74) is 3.52. The Morgan fingerprint density at radius 3 is 2.62 bits per heavy atom. The Balaban J connectivity index is 1.95. The number of halogens is 2. The van der Waals surface area contributed by atoms with Gasteiger partial charge in [0.25, 0.3) is 5.91 Å². The number of nitrogens with one attached hydrogen (secondary N) is 1. The van der Waals surface area contributed by atoms with Crippen LogP contribution in [-0.2, 0) is 0 Å². The first-order chi connectivity index (χ1) is 10.2. The minimum atomic E-state index is -0.422. The van der Waals surface area contributed by atoms with Crippen molar-refractivity contribution in [2.75, 3.05) is 0 Å². The zero-order chi connectivity index (χ0) is 15.1. The Morgan fingerprint density at radius 1 is 1.14 bits per heavy atom. The number of carbonyl (C=O) groups excluding carboxylic acids is 1. The van der Waals surface area contributed by atoms with Crippen molar-refractivity contribution in [2.24, 2.45) is 5.10 Å². The van der Waals surface area contributed by atoms with Crippen LogP contribution in [0.4, 0.5) is 0 Å². The number of carbonyl (C=O) groups is 1. The van der Waals surface area contributed by atoms with Gasteiger partial charge in [0.05, 0.1) is 16.8 Å². The number of amides is 1. The highest BCUT2D eigenvalue weighted by Gasteiger charge is 2.09. The van der Waals surface area contributed by atoms with E-state index in [1.807, 2.05) is 30.3 Å². The SMILES string of the molecule is O=C(N/N=C\C#Cc1ccccc1)c1ccc(Cl)cc1Cl. The number of hydrazone groups is 1. The first-order valence-electron chi connectivity index (χ1n) is 6.00. The molecule has 21 heavy (non-hydrogen) atoms. The third-order valence-electron chi connectivity index (χ3n) is 2.46. The summed E-state index contributed by atoms with van der Waals surface area (Å²) in [6.45, 7) is 0. The van der Waals surface area contributed by atoms with Gasteiger partial charge in [-0.05, 0) is 36.3 Å². The molecule has 0 aliphatic heterocycles. The van der Waals surface area contributed by atoms with Crippen molar-refractivity contribution in [2.45, 2.75) is 0 Å². The van der Waals surface area contributed by atoms with Gasteiger partial charge in [-0.2, -0.15) is 5.10 Å². The quantitative estimate of drug-likeness (QED) is 0.511. The van der Waals surface area contributed by atoms with E-state index in [-0.39, 0.29) is 5.02 Å². The average Bonchev–Trinajstić information content (AvgIpc) is 2.47. The van der Waals surface area contributed by atoms with Crippen molar-refractivity contribution >= 4 is 35.3 Å². The summed E-state index contributed by atoms with van der Waals surface area (Å²) in [6, 6.07) is 14.1. The van der Waals surface area contributed by atoms with E-state index in [9.17, 15) is 4.79 Å². The highest BCUT2D eigenvalue weighted by Crippen LogP contribution is 2.20. The molecule has 1 N–H and O–H groups in total. The van der Waals surface area contributed by atoms with Crippen LogP contribution in [0, 0.1) is 11.8 Å². The van der Waals surface area contributed by atoms with Gasteiger partial charge < -0.3 is 0 Å². The van der Waals surface area contributed by atoms with E-state index >= 15 is 0 Å². The fourth-order valence-corrected chi connectivity index (χ4v) is 1.99. The van der Waals surface area contributed by atoms with Gasteiger partial charge in [0, 0.05) is 10.6 Å². The number of rotatable bonds is 2. The van der Waals surface area contributed by atoms with E-state index in [0.29, 0.717) is 10.6 Å². The molecule has 0 saturated carbocycles. The Bertz CT molecular complexity index is 731. The van der Waals surface area contributed by atoms with Gasteiger partial charge >= 0.3 is 0 Å². The summed E-state index contributed by atoms with van der Waals surface area (Å²) < 4.78 is 0. The molecule has 0 saturated heterocycles. The van der Waals surface area contributed by atoms with Crippen molar-refractivity contribution in [1.29, 1.82) is 0 Å². The molecular weight excluding hydrogens is 307 g/mol. The molecule has 0 aromatic heterocycles. The van der Waals surface area contributed by atoms with Gasteiger partial charge in [0.2, 0.25) is 0 Å². The summed E-state index contributed by atoms with van der Waals surface area (Å²) in [7, 11) is 0. The topological polar surface area (TPSA) is 41.5 Å². The Hall–Kier alpha value is -2.28. The molecule has 2 rings (SSSR count). The number of hydrogen-bond donors (Lipinski definition) is 1. The second-order valence-corrected chi connectivity index (χ2v) is 4.80. The van der Waals surface area contributed by atoms with E-state index in [4.69, 9.17) is 23.2 Å². The van der Waals surface area contributed by atoms with E-state index in [1.54, 1.807) is 6.07 Å². The number of hydrogen-bond acceptors (Lipinski definition) is 2. The van der Waals surface area contributed by atoms with Gasteiger partial charge in [-0.1, -0.05) is 47.3 Å². The van der Waals surface area contributed by atoms with Gasteiger partial charge in [0.1, 0.15) is 0 Å². The molecule has 0 aliphatic rings. The van der Waals surface area contributed by atoms with E-state index in [1.165, 1.54) is 18.3 Å². The maximum absolute atomic E-state index is 11.8. The highest BCUT2D eigenvalue weighted by molar-refractivity contribution is 6.36. The van der Waals surface area contributed by atoms with Crippen LogP contribution in [0.2, 0.25) is 10.0 Å². The van der Waals surface area contributed by atoms with Crippen LogP contribution in [0.25, 0.3) is 0 Å². The molecule has 2 aromatic carbocycles. The normalized spacial score (nSPS) is 10.0. The largest absolute Gasteiger partial charge is 0.272 e. The predicted octanol–water partition coefficient (Wildman–Crippen LogP) is 3.76. The van der Waals surface area contributed by atoms with Crippen LogP contribution < -0.4 is 5.43 Å². The Labute approximate surface area is 132 Å². The smallest absolute Gasteiger partial charge is 0.267 e. The van der Waals surface area contributed by atoms with Crippen LogP contribution in [0.5, 0.6) is 0 Å². The maximum atomic E-state index is 11.8.